The highest BCUT2D eigenvalue weighted by molar-refractivity contribution is 5.94. The maximum absolute atomic E-state index is 12.7. The molecule has 2 bridgehead atoms. The van der Waals surface area contributed by atoms with Gasteiger partial charge in [-0.25, -0.2) is 0 Å². The van der Waals surface area contributed by atoms with Crippen molar-refractivity contribution < 1.29 is 18.8 Å². The van der Waals surface area contributed by atoms with Gasteiger partial charge >= 0.3 is 5.97 Å². The molecule has 1 aromatic rings. The SMILES string of the molecule is COC(=O)[C@@H]1[C@H]2CC[C@@H](C2)[C@H]1NC(=O)c1noc2c1CCCC2. The molecule has 2 fully saturated rings. The molecule has 0 aliphatic heterocycles. The van der Waals surface area contributed by atoms with Crippen LogP contribution in [0.15, 0.2) is 4.52 Å². The minimum atomic E-state index is -0.217. The van der Waals surface area contributed by atoms with Crippen LogP contribution in [0.2, 0.25) is 0 Å². The highest BCUT2D eigenvalue weighted by Crippen LogP contribution is 2.49. The van der Waals surface area contributed by atoms with Crippen molar-refractivity contribution in [2.45, 2.75) is 51.0 Å². The summed E-state index contributed by atoms with van der Waals surface area (Å²) < 4.78 is 10.3. The Kier molecular flexibility index (Phi) is 3.62. The molecule has 0 spiro atoms. The van der Waals surface area contributed by atoms with Crippen molar-refractivity contribution in [2.75, 3.05) is 7.11 Å². The Morgan fingerprint density at radius 2 is 2.00 bits per heavy atom. The second kappa shape index (κ2) is 5.65. The van der Waals surface area contributed by atoms with Gasteiger partial charge in [-0.15, -0.1) is 0 Å². The number of esters is 1. The smallest absolute Gasteiger partial charge is 0.311 e. The fraction of sp³-hybridized carbons (Fsp3) is 0.706. The zero-order valence-corrected chi connectivity index (χ0v) is 13.3. The maximum atomic E-state index is 12.7. The number of nitrogens with zero attached hydrogens (tertiary/aromatic N) is 1. The standard InChI is InChI=1S/C17H22N2O4/c1-22-17(21)13-9-6-7-10(8-9)14(13)18-16(20)15-11-4-2-3-5-12(11)23-19-15/h9-10,13-14H,2-8H2,1H3,(H,18,20)/t9-,10-,13+,14+/m0/s1. The molecule has 1 aromatic heterocycles. The van der Waals surface area contributed by atoms with Crippen molar-refractivity contribution in [1.29, 1.82) is 0 Å². The average molecular weight is 318 g/mol. The van der Waals surface area contributed by atoms with Crippen LogP contribution in [0, 0.1) is 17.8 Å². The van der Waals surface area contributed by atoms with Crippen LogP contribution in [0.25, 0.3) is 0 Å². The number of carbonyl (C=O) groups is 2. The molecular formula is C17H22N2O4. The molecule has 0 radical (unpaired) electrons. The fourth-order valence-electron chi connectivity index (χ4n) is 4.76. The van der Waals surface area contributed by atoms with Crippen molar-refractivity contribution >= 4 is 11.9 Å². The Bertz CT molecular complexity index is 639. The van der Waals surface area contributed by atoms with Crippen LogP contribution < -0.4 is 5.32 Å². The van der Waals surface area contributed by atoms with Crippen molar-refractivity contribution in [1.82, 2.24) is 10.5 Å². The van der Waals surface area contributed by atoms with Crippen LogP contribution >= 0.6 is 0 Å². The molecular weight excluding hydrogens is 296 g/mol. The molecule has 1 amide bonds. The molecule has 2 saturated carbocycles. The summed E-state index contributed by atoms with van der Waals surface area (Å²) in [5.41, 5.74) is 1.36. The van der Waals surface area contributed by atoms with Crippen molar-refractivity contribution in [2.24, 2.45) is 17.8 Å². The number of methoxy groups -OCH3 is 1. The summed E-state index contributed by atoms with van der Waals surface area (Å²) in [4.78, 5) is 24.8. The summed E-state index contributed by atoms with van der Waals surface area (Å²) in [7, 11) is 1.42. The van der Waals surface area contributed by atoms with Crippen LogP contribution in [0.5, 0.6) is 0 Å². The van der Waals surface area contributed by atoms with Crippen LogP contribution in [0.4, 0.5) is 0 Å². The molecule has 23 heavy (non-hydrogen) atoms. The number of hydrogen-bond acceptors (Lipinski definition) is 5. The van der Waals surface area contributed by atoms with E-state index in [1.165, 1.54) is 7.11 Å². The topological polar surface area (TPSA) is 81.4 Å². The third-order valence-electron chi connectivity index (χ3n) is 5.85. The van der Waals surface area contributed by atoms with Gasteiger partial charge in [0.05, 0.1) is 13.0 Å². The number of aromatic nitrogens is 1. The first-order valence-electron chi connectivity index (χ1n) is 8.55. The molecule has 6 nitrogen and oxygen atoms in total. The van der Waals surface area contributed by atoms with E-state index in [9.17, 15) is 9.59 Å². The summed E-state index contributed by atoms with van der Waals surface area (Å²) in [5.74, 6) is 0.928. The van der Waals surface area contributed by atoms with Crippen LogP contribution in [0.3, 0.4) is 0 Å². The summed E-state index contributed by atoms with van der Waals surface area (Å²) >= 11 is 0. The number of nitrogens with one attached hydrogen (secondary N) is 1. The molecule has 124 valence electrons. The quantitative estimate of drug-likeness (QED) is 0.861. The van der Waals surface area contributed by atoms with Gasteiger partial charge in [-0.3, -0.25) is 9.59 Å². The Hall–Kier alpha value is -1.85. The Morgan fingerprint density at radius 1 is 1.22 bits per heavy atom. The van der Waals surface area contributed by atoms with Crippen molar-refractivity contribution in [3.05, 3.63) is 17.0 Å². The van der Waals surface area contributed by atoms with Gasteiger partial charge in [-0.05, 0) is 50.4 Å². The second-order valence-electron chi connectivity index (χ2n) is 7.02. The van der Waals surface area contributed by atoms with Gasteiger partial charge in [-0.2, -0.15) is 0 Å². The highest BCUT2D eigenvalue weighted by atomic mass is 16.5. The Morgan fingerprint density at radius 3 is 2.83 bits per heavy atom. The fourth-order valence-corrected chi connectivity index (χ4v) is 4.76. The predicted molar refractivity (Wildman–Crippen MR) is 80.7 cm³/mol. The lowest BCUT2D eigenvalue weighted by molar-refractivity contribution is -0.148. The summed E-state index contributed by atoms with van der Waals surface area (Å²) in [6, 6.07) is -0.135. The predicted octanol–water partition coefficient (Wildman–Crippen LogP) is 1.87. The van der Waals surface area contributed by atoms with Gasteiger partial charge < -0.3 is 14.6 Å². The molecule has 0 unspecified atom stereocenters. The molecule has 0 aromatic carbocycles. The zero-order valence-electron chi connectivity index (χ0n) is 13.3. The molecule has 0 saturated heterocycles. The van der Waals surface area contributed by atoms with E-state index in [1.54, 1.807) is 0 Å². The lowest BCUT2D eigenvalue weighted by Gasteiger charge is -2.29. The lowest BCUT2D eigenvalue weighted by Crippen LogP contribution is -2.47. The van der Waals surface area contributed by atoms with Crippen LogP contribution in [-0.4, -0.2) is 30.2 Å². The van der Waals surface area contributed by atoms with Crippen molar-refractivity contribution in [3.8, 4) is 0 Å². The third kappa shape index (κ3) is 2.35. The van der Waals surface area contributed by atoms with Gasteiger partial charge in [-0.1, -0.05) is 5.16 Å². The van der Waals surface area contributed by atoms with Gasteiger partial charge in [0, 0.05) is 18.0 Å². The first kappa shape index (κ1) is 14.7. The zero-order chi connectivity index (χ0) is 16.0. The molecule has 4 rings (SSSR count). The second-order valence-corrected chi connectivity index (χ2v) is 7.02. The first-order valence-corrected chi connectivity index (χ1v) is 8.55. The number of hydrogen-bond donors (Lipinski definition) is 1. The molecule has 4 atom stereocenters. The van der Waals surface area contributed by atoms with Gasteiger partial charge in [0.2, 0.25) is 0 Å². The summed E-state index contributed by atoms with van der Waals surface area (Å²) in [6.45, 7) is 0. The molecule has 1 N–H and O–H groups in total. The largest absolute Gasteiger partial charge is 0.469 e. The Labute approximate surface area is 134 Å². The number of amides is 1. The summed E-state index contributed by atoms with van der Waals surface area (Å²) in [6.07, 6.45) is 6.97. The maximum Gasteiger partial charge on any atom is 0.311 e. The molecule has 3 aliphatic rings. The van der Waals surface area contributed by atoms with Crippen LogP contribution in [0.1, 0.15) is 53.9 Å². The normalized spacial score (nSPS) is 31.7. The van der Waals surface area contributed by atoms with Gasteiger partial charge in [0.15, 0.2) is 5.69 Å². The van der Waals surface area contributed by atoms with E-state index in [0.29, 0.717) is 17.5 Å². The Balaban J connectivity index is 1.54. The number of aryl methyl sites for hydroxylation is 1. The number of rotatable bonds is 3. The highest BCUT2D eigenvalue weighted by Gasteiger charge is 2.52. The third-order valence-corrected chi connectivity index (χ3v) is 5.85. The molecule has 3 aliphatic carbocycles. The summed E-state index contributed by atoms with van der Waals surface area (Å²) in [5, 5.41) is 7.05. The van der Waals surface area contributed by atoms with E-state index in [-0.39, 0.29) is 23.8 Å². The van der Waals surface area contributed by atoms with Gasteiger partial charge in [0.25, 0.3) is 5.91 Å². The van der Waals surface area contributed by atoms with E-state index in [1.807, 2.05) is 0 Å². The van der Waals surface area contributed by atoms with Crippen LogP contribution in [-0.2, 0) is 22.4 Å². The molecule has 1 heterocycles. The van der Waals surface area contributed by atoms with Crippen molar-refractivity contribution in [3.63, 3.8) is 0 Å². The minimum Gasteiger partial charge on any atom is -0.469 e. The first-order chi connectivity index (χ1) is 11.2. The van der Waals surface area contributed by atoms with E-state index in [2.05, 4.69) is 10.5 Å². The van der Waals surface area contributed by atoms with E-state index < -0.39 is 0 Å². The van der Waals surface area contributed by atoms with E-state index in [0.717, 1.165) is 56.3 Å². The van der Waals surface area contributed by atoms with E-state index >= 15 is 0 Å². The average Bonchev–Trinajstić information content (AvgIpc) is 3.27. The molecule has 6 heteroatoms. The number of ether oxygens (including phenoxy) is 1. The number of carbonyl (C=O) groups excluding carboxylic acids is 2. The van der Waals surface area contributed by atoms with Gasteiger partial charge in [0.1, 0.15) is 5.76 Å². The monoisotopic (exact) mass is 318 g/mol. The minimum absolute atomic E-state index is 0.135. The van der Waals surface area contributed by atoms with E-state index in [4.69, 9.17) is 9.26 Å². The number of fused-ring (bicyclic) bond motifs is 3. The lowest BCUT2D eigenvalue weighted by atomic mass is 9.84.